The fourth-order valence-electron chi connectivity index (χ4n) is 3.99. The van der Waals surface area contributed by atoms with Crippen LogP contribution < -0.4 is 5.32 Å². The van der Waals surface area contributed by atoms with E-state index in [0.29, 0.717) is 11.6 Å². The first-order valence-corrected chi connectivity index (χ1v) is 8.15. The van der Waals surface area contributed by atoms with Crippen molar-refractivity contribution < 1.29 is 0 Å². The van der Waals surface area contributed by atoms with Gasteiger partial charge >= 0.3 is 0 Å². The molecule has 0 unspecified atom stereocenters. The maximum absolute atomic E-state index is 4.55. The number of nitrogens with one attached hydrogen (secondary N) is 1. The quantitative estimate of drug-likeness (QED) is 0.896. The van der Waals surface area contributed by atoms with E-state index in [2.05, 4.69) is 40.1 Å². The lowest BCUT2D eigenvalue weighted by Crippen LogP contribution is -2.47. The van der Waals surface area contributed by atoms with Gasteiger partial charge < -0.3 is 14.8 Å². The molecule has 0 radical (unpaired) electrons. The van der Waals surface area contributed by atoms with E-state index < -0.39 is 0 Å². The highest BCUT2D eigenvalue weighted by atomic mass is 15.2. The summed E-state index contributed by atoms with van der Waals surface area (Å²) in [7, 11) is 4.44. The van der Waals surface area contributed by atoms with E-state index in [0.717, 1.165) is 12.5 Å². The van der Waals surface area contributed by atoms with Crippen molar-refractivity contribution in [3.8, 4) is 0 Å². The Morgan fingerprint density at radius 3 is 2.60 bits per heavy atom. The van der Waals surface area contributed by atoms with E-state index in [1.807, 2.05) is 6.20 Å². The molecule has 1 heterocycles. The van der Waals surface area contributed by atoms with Crippen molar-refractivity contribution in [1.82, 2.24) is 14.5 Å². The highest BCUT2D eigenvalue weighted by Crippen LogP contribution is 2.35. The first kappa shape index (κ1) is 13.9. The Balaban J connectivity index is 1.67. The summed E-state index contributed by atoms with van der Waals surface area (Å²) in [6.07, 6.45) is 14.8. The average molecular weight is 276 g/mol. The van der Waals surface area contributed by atoms with Crippen LogP contribution in [0.15, 0.2) is 12.4 Å². The van der Waals surface area contributed by atoms with E-state index in [1.165, 1.54) is 51.4 Å². The molecular formula is C16H28N4. The second-order valence-corrected chi connectivity index (χ2v) is 6.78. The van der Waals surface area contributed by atoms with Gasteiger partial charge in [0.15, 0.2) is 0 Å². The number of likely N-dealkylation sites (N-methyl/N-ethyl adjacent to an activating group) is 1. The van der Waals surface area contributed by atoms with Crippen molar-refractivity contribution >= 4 is 5.95 Å². The molecule has 0 aromatic carbocycles. The molecule has 2 fully saturated rings. The van der Waals surface area contributed by atoms with Gasteiger partial charge in [0, 0.05) is 30.5 Å². The van der Waals surface area contributed by atoms with Crippen LogP contribution in [0, 0.1) is 0 Å². The molecular weight excluding hydrogens is 248 g/mol. The van der Waals surface area contributed by atoms with Gasteiger partial charge in [0.25, 0.3) is 0 Å². The Labute approximate surface area is 122 Å². The average Bonchev–Trinajstić information content (AvgIpc) is 3.17. The fraction of sp³-hybridized carbons (Fsp3) is 0.812. The zero-order valence-corrected chi connectivity index (χ0v) is 12.9. The van der Waals surface area contributed by atoms with Gasteiger partial charge in [0.05, 0.1) is 0 Å². The van der Waals surface area contributed by atoms with Crippen LogP contribution in [-0.2, 0) is 0 Å². The summed E-state index contributed by atoms with van der Waals surface area (Å²) in [5.41, 5.74) is 0.326. The third-order valence-electron chi connectivity index (χ3n) is 5.45. The summed E-state index contributed by atoms with van der Waals surface area (Å²) >= 11 is 0. The van der Waals surface area contributed by atoms with E-state index >= 15 is 0 Å². The summed E-state index contributed by atoms with van der Waals surface area (Å²) in [6, 6.07) is 0.666. The minimum absolute atomic E-state index is 0.326. The molecule has 0 bridgehead atoms. The summed E-state index contributed by atoms with van der Waals surface area (Å²) in [6.45, 7) is 1.02. The molecule has 4 heteroatoms. The van der Waals surface area contributed by atoms with Gasteiger partial charge in [0.2, 0.25) is 5.95 Å². The lowest BCUT2D eigenvalue weighted by atomic mass is 9.96. The molecule has 112 valence electrons. The number of rotatable bonds is 5. The first-order chi connectivity index (χ1) is 9.71. The summed E-state index contributed by atoms with van der Waals surface area (Å²) in [5, 5.41) is 3.64. The van der Waals surface area contributed by atoms with Crippen LogP contribution in [0.3, 0.4) is 0 Å². The van der Waals surface area contributed by atoms with E-state index in [-0.39, 0.29) is 0 Å². The standard InChI is InChI=1S/C16H28N4/c1-19(2)16(9-5-6-10-16)13-18-15-17-11-12-20(15)14-7-3-4-8-14/h11-12,14H,3-10,13H2,1-2H3,(H,17,18). The van der Waals surface area contributed by atoms with Gasteiger partial charge in [-0.1, -0.05) is 25.7 Å². The number of nitrogens with zero attached hydrogens (tertiary/aromatic N) is 3. The van der Waals surface area contributed by atoms with Gasteiger partial charge in [-0.15, -0.1) is 0 Å². The number of aromatic nitrogens is 2. The van der Waals surface area contributed by atoms with Gasteiger partial charge in [-0.3, -0.25) is 0 Å². The van der Waals surface area contributed by atoms with Gasteiger partial charge in [-0.25, -0.2) is 4.98 Å². The maximum atomic E-state index is 4.55. The van der Waals surface area contributed by atoms with E-state index in [1.54, 1.807) is 0 Å². The molecule has 0 spiro atoms. The number of anilines is 1. The van der Waals surface area contributed by atoms with Crippen LogP contribution in [0.25, 0.3) is 0 Å². The van der Waals surface area contributed by atoms with Gasteiger partial charge in [-0.05, 0) is 39.8 Å². The van der Waals surface area contributed by atoms with E-state index in [4.69, 9.17) is 0 Å². The molecule has 0 saturated heterocycles. The molecule has 2 saturated carbocycles. The topological polar surface area (TPSA) is 33.1 Å². The predicted molar refractivity (Wildman–Crippen MR) is 83.1 cm³/mol. The molecule has 2 aliphatic rings. The Kier molecular flexibility index (Phi) is 4.01. The van der Waals surface area contributed by atoms with Crippen molar-refractivity contribution in [1.29, 1.82) is 0 Å². The van der Waals surface area contributed by atoms with Crippen molar-refractivity contribution in [2.75, 3.05) is 26.0 Å². The largest absolute Gasteiger partial charge is 0.354 e. The molecule has 2 aliphatic carbocycles. The highest BCUT2D eigenvalue weighted by molar-refractivity contribution is 5.28. The second kappa shape index (κ2) is 5.76. The summed E-state index contributed by atoms with van der Waals surface area (Å²) in [5.74, 6) is 1.07. The van der Waals surface area contributed by atoms with Crippen LogP contribution in [0.5, 0.6) is 0 Å². The summed E-state index contributed by atoms with van der Waals surface area (Å²) in [4.78, 5) is 6.96. The van der Waals surface area contributed by atoms with Crippen LogP contribution >= 0.6 is 0 Å². The number of hydrogen-bond donors (Lipinski definition) is 1. The normalized spacial score (nSPS) is 22.8. The third-order valence-corrected chi connectivity index (χ3v) is 5.45. The molecule has 1 aromatic rings. The van der Waals surface area contributed by atoms with Crippen molar-refractivity contribution in [2.45, 2.75) is 62.9 Å². The molecule has 0 atom stereocenters. The maximum Gasteiger partial charge on any atom is 0.203 e. The zero-order valence-electron chi connectivity index (χ0n) is 12.9. The fourth-order valence-corrected chi connectivity index (χ4v) is 3.99. The Bertz CT molecular complexity index is 425. The zero-order chi connectivity index (χ0) is 14.0. The molecule has 4 nitrogen and oxygen atoms in total. The lowest BCUT2D eigenvalue weighted by Gasteiger charge is -2.36. The smallest absolute Gasteiger partial charge is 0.203 e. The third kappa shape index (κ3) is 2.58. The van der Waals surface area contributed by atoms with Crippen molar-refractivity contribution in [3.63, 3.8) is 0 Å². The molecule has 1 aromatic heterocycles. The molecule has 20 heavy (non-hydrogen) atoms. The van der Waals surface area contributed by atoms with Crippen LogP contribution in [-0.4, -0.2) is 40.6 Å². The van der Waals surface area contributed by atoms with Crippen molar-refractivity contribution in [2.24, 2.45) is 0 Å². The van der Waals surface area contributed by atoms with E-state index in [9.17, 15) is 0 Å². The van der Waals surface area contributed by atoms with Gasteiger partial charge in [-0.2, -0.15) is 0 Å². The first-order valence-electron chi connectivity index (χ1n) is 8.15. The Morgan fingerprint density at radius 1 is 1.25 bits per heavy atom. The highest BCUT2D eigenvalue weighted by Gasteiger charge is 2.36. The lowest BCUT2D eigenvalue weighted by molar-refractivity contribution is 0.172. The Hall–Kier alpha value is -1.03. The second-order valence-electron chi connectivity index (χ2n) is 6.78. The van der Waals surface area contributed by atoms with Crippen LogP contribution in [0.4, 0.5) is 5.95 Å². The molecule has 1 N–H and O–H groups in total. The van der Waals surface area contributed by atoms with Crippen LogP contribution in [0.1, 0.15) is 57.4 Å². The predicted octanol–water partition coefficient (Wildman–Crippen LogP) is 3.28. The van der Waals surface area contributed by atoms with Gasteiger partial charge in [0.1, 0.15) is 0 Å². The molecule has 3 rings (SSSR count). The summed E-state index contributed by atoms with van der Waals surface area (Å²) < 4.78 is 2.37. The monoisotopic (exact) mass is 276 g/mol. The minimum atomic E-state index is 0.326. The number of imidazole rings is 1. The van der Waals surface area contributed by atoms with Crippen molar-refractivity contribution in [3.05, 3.63) is 12.4 Å². The number of hydrogen-bond acceptors (Lipinski definition) is 3. The molecule has 0 aliphatic heterocycles. The Morgan fingerprint density at radius 2 is 1.95 bits per heavy atom. The SMILES string of the molecule is CN(C)C1(CNc2nccn2C2CCCC2)CCCC1. The minimum Gasteiger partial charge on any atom is -0.354 e. The molecule has 0 amide bonds. The van der Waals surface area contributed by atoms with Crippen LogP contribution in [0.2, 0.25) is 0 Å².